The Kier molecular flexibility index (Phi) is 5.35. The van der Waals surface area contributed by atoms with Gasteiger partial charge in [0, 0.05) is 0 Å². The number of fused-ring (bicyclic) bond motifs is 1. The highest BCUT2D eigenvalue weighted by atomic mass is 32.2. The van der Waals surface area contributed by atoms with Crippen molar-refractivity contribution in [3.05, 3.63) is 59.9 Å². The van der Waals surface area contributed by atoms with Crippen LogP contribution in [0.3, 0.4) is 0 Å². The predicted octanol–water partition coefficient (Wildman–Crippen LogP) is 3.22. The number of para-hydroxylation sites is 3. The second kappa shape index (κ2) is 7.85. The third-order valence-electron chi connectivity index (χ3n) is 3.52. The summed E-state index contributed by atoms with van der Waals surface area (Å²) in [5, 5.41) is 2.75. The van der Waals surface area contributed by atoms with E-state index in [2.05, 4.69) is 15.3 Å². The molecule has 1 aromatic heterocycles. The van der Waals surface area contributed by atoms with Crippen LogP contribution in [0.5, 0.6) is 0 Å². The summed E-state index contributed by atoms with van der Waals surface area (Å²) in [6.45, 7) is 0. The van der Waals surface area contributed by atoms with Gasteiger partial charge in [0.2, 0.25) is 5.91 Å². The number of nitrogens with zero attached hydrogens (tertiary/aromatic N) is 1. The molecule has 0 fully saturated rings. The van der Waals surface area contributed by atoms with Crippen LogP contribution in [0.4, 0.5) is 5.69 Å². The topological polar surface area (TPSA) is 84.1 Å². The van der Waals surface area contributed by atoms with Crippen LogP contribution in [0.25, 0.3) is 11.0 Å². The Balaban J connectivity index is 1.56. The summed E-state index contributed by atoms with van der Waals surface area (Å²) in [5.74, 6) is 1.02. The molecule has 0 aliphatic rings. The molecule has 3 aromatic rings. The number of ether oxygens (including phenoxy) is 1. The maximum absolute atomic E-state index is 12.1. The molecule has 1 amide bonds. The fourth-order valence-corrected chi connectivity index (χ4v) is 3.07. The van der Waals surface area contributed by atoms with E-state index in [4.69, 9.17) is 4.74 Å². The van der Waals surface area contributed by atoms with Crippen molar-refractivity contribution in [2.24, 2.45) is 0 Å². The number of aromatic nitrogens is 2. The molecule has 0 atom stereocenters. The third kappa shape index (κ3) is 4.19. The molecule has 0 spiro atoms. The minimum Gasteiger partial charge on any atom is -0.465 e. The van der Waals surface area contributed by atoms with Gasteiger partial charge >= 0.3 is 5.97 Å². The lowest BCUT2D eigenvalue weighted by atomic mass is 10.2. The lowest BCUT2D eigenvalue weighted by molar-refractivity contribution is -0.113. The van der Waals surface area contributed by atoms with Crippen molar-refractivity contribution in [3.63, 3.8) is 0 Å². The van der Waals surface area contributed by atoms with Gasteiger partial charge in [0.05, 0.1) is 40.9 Å². The van der Waals surface area contributed by atoms with Crippen LogP contribution < -0.4 is 5.32 Å². The number of nitrogens with one attached hydrogen (secondary N) is 2. The van der Waals surface area contributed by atoms with Crippen molar-refractivity contribution in [3.8, 4) is 0 Å². The van der Waals surface area contributed by atoms with Gasteiger partial charge in [0.25, 0.3) is 0 Å². The molecule has 2 aromatic carbocycles. The Hall–Kier alpha value is -2.80. The summed E-state index contributed by atoms with van der Waals surface area (Å²) < 4.78 is 4.72. The number of carbonyl (C=O) groups excluding carboxylic acids is 2. The van der Waals surface area contributed by atoms with Crippen LogP contribution in [0.2, 0.25) is 0 Å². The van der Waals surface area contributed by atoms with Crippen LogP contribution in [0, 0.1) is 0 Å². The smallest absolute Gasteiger partial charge is 0.339 e. The first-order valence-corrected chi connectivity index (χ1v) is 8.81. The molecule has 0 saturated heterocycles. The third-order valence-corrected chi connectivity index (χ3v) is 4.46. The standard InChI is InChI=1S/C18H17N3O3S/c1-24-18(23)12-6-2-3-7-13(12)21-17(22)11-25-10-16-19-14-8-4-5-9-15(14)20-16/h2-9H,10-11H2,1H3,(H,19,20)(H,21,22). The Morgan fingerprint density at radius 2 is 1.92 bits per heavy atom. The summed E-state index contributed by atoms with van der Waals surface area (Å²) in [6.07, 6.45) is 0. The number of thioether (sulfide) groups is 1. The van der Waals surface area contributed by atoms with E-state index < -0.39 is 5.97 Å². The molecule has 0 aliphatic heterocycles. The molecule has 2 N–H and O–H groups in total. The SMILES string of the molecule is COC(=O)c1ccccc1NC(=O)CSCc1nc2ccccc2[nH]1. The number of esters is 1. The number of benzene rings is 2. The average Bonchev–Trinajstić information content (AvgIpc) is 3.04. The number of imidazole rings is 1. The minimum absolute atomic E-state index is 0.183. The van der Waals surface area contributed by atoms with E-state index in [0.29, 0.717) is 17.0 Å². The lowest BCUT2D eigenvalue weighted by Gasteiger charge is -2.09. The lowest BCUT2D eigenvalue weighted by Crippen LogP contribution is -2.17. The van der Waals surface area contributed by atoms with E-state index >= 15 is 0 Å². The van der Waals surface area contributed by atoms with Gasteiger partial charge < -0.3 is 15.0 Å². The van der Waals surface area contributed by atoms with Gasteiger partial charge in [0.15, 0.2) is 0 Å². The molecular formula is C18H17N3O3S. The highest BCUT2D eigenvalue weighted by Crippen LogP contribution is 2.18. The second-order valence-electron chi connectivity index (χ2n) is 5.28. The van der Waals surface area contributed by atoms with Crippen molar-refractivity contribution < 1.29 is 14.3 Å². The molecule has 3 rings (SSSR count). The van der Waals surface area contributed by atoms with Crippen molar-refractivity contribution in [1.29, 1.82) is 0 Å². The van der Waals surface area contributed by atoms with Gasteiger partial charge in [-0.3, -0.25) is 4.79 Å². The summed E-state index contributed by atoms with van der Waals surface area (Å²) in [5.41, 5.74) is 2.67. The molecule has 7 heteroatoms. The van der Waals surface area contributed by atoms with E-state index in [1.54, 1.807) is 24.3 Å². The van der Waals surface area contributed by atoms with Gasteiger partial charge in [-0.2, -0.15) is 0 Å². The second-order valence-corrected chi connectivity index (χ2v) is 6.26. The first-order chi connectivity index (χ1) is 12.2. The van der Waals surface area contributed by atoms with Crippen LogP contribution >= 0.6 is 11.8 Å². The summed E-state index contributed by atoms with van der Waals surface area (Å²) in [4.78, 5) is 31.5. The maximum atomic E-state index is 12.1. The molecule has 0 bridgehead atoms. The monoisotopic (exact) mass is 355 g/mol. The van der Waals surface area contributed by atoms with Gasteiger partial charge in [0.1, 0.15) is 5.82 Å². The van der Waals surface area contributed by atoms with Crippen LogP contribution in [-0.2, 0) is 15.3 Å². The molecule has 0 aliphatic carbocycles. The molecule has 6 nitrogen and oxygen atoms in total. The molecule has 0 unspecified atom stereocenters. The number of H-pyrrole nitrogens is 1. The van der Waals surface area contributed by atoms with E-state index in [1.807, 2.05) is 24.3 Å². The van der Waals surface area contributed by atoms with Gasteiger partial charge in [-0.25, -0.2) is 9.78 Å². The predicted molar refractivity (Wildman–Crippen MR) is 98.7 cm³/mol. The number of amides is 1. The van der Waals surface area contributed by atoms with E-state index in [1.165, 1.54) is 18.9 Å². The molecule has 128 valence electrons. The highest BCUT2D eigenvalue weighted by Gasteiger charge is 2.13. The number of aromatic amines is 1. The largest absolute Gasteiger partial charge is 0.465 e. The van der Waals surface area contributed by atoms with Crippen LogP contribution in [-0.4, -0.2) is 34.7 Å². The Labute approximate surface area is 149 Å². The highest BCUT2D eigenvalue weighted by molar-refractivity contribution is 7.99. The fraction of sp³-hybridized carbons (Fsp3) is 0.167. The van der Waals surface area contributed by atoms with Crippen LogP contribution in [0.1, 0.15) is 16.2 Å². The van der Waals surface area contributed by atoms with Crippen molar-refractivity contribution >= 4 is 40.4 Å². The molecule has 1 heterocycles. The first kappa shape index (κ1) is 17.0. The first-order valence-electron chi connectivity index (χ1n) is 7.66. The number of anilines is 1. The van der Waals surface area contributed by atoms with Gasteiger partial charge in [-0.05, 0) is 24.3 Å². The molecule has 25 heavy (non-hydrogen) atoms. The number of carbonyl (C=O) groups is 2. The zero-order valence-electron chi connectivity index (χ0n) is 13.6. The normalized spacial score (nSPS) is 10.6. The zero-order chi connectivity index (χ0) is 17.6. The Morgan fingerprint density at radius 1 is 1.16 bits per heavy atom. The van der Waals surface area contributed by atoms with Crippen molar-refractivity contribution in [2.75, 3.05) is 18.2 Å². The number of hydrogen-bond acceptors (Lipinski definition) is 5. The molecular weight excluding hydrogens is 338 g/mol. The molecule has 0 radical (unpaired) electrons. The minimum atomic E-state index is -0.481. The van der Waals surface area contributed by atoms with E-state index in [9.17, 15) is 9.59 Å². The zero-order valence-corrected chi connectivity index (χ0v) is 14.4. The summed E-state index contributed by atoms with van der Waals surface area (Å²) in [6, 6.07) is 14.6. The van der Waals surface area contributed by atoms with Gasteiger partial charge in [-0.15, -0.1) is 11.8 Å². The number of methoxy groups -OCH3 is 1. The number of hydrogen-bond donors (Lipinski definition) is 2. The van der Waals surface area contributed by atoms with E-state index in [-0.39, 0.29) is 11.7 Å². The maximum Gasteiger partial charge on any atom is 0.339 e. The Morgan fingerprint density at radius 3 is 2.72 bits per heavy atom. The van der Waals surface area contributed by atoms with Crippen molar-refractivity contribution in [1.82, 2.24) is 9.97 Å². The quantitative estimate of drug-likeness (QED) is 0.663. The summed E-state index contributed by atoms with van der Waals surface area (Å²) in [7, 11) is 1.31. The Bertz CT molecular complexity index is 874. The van der Waals surface area contributed by atoms with Gasteiger partial charge in [-0.1, -0.05) is 24.3 Å². The van der Waals surface area contributed by atoms with E-state index in [0.717, 1.165) is 16.9 Å². The fourth-order valence-electron chi connectivity index (χ4n) is 2.38. The summed E-state index contributed by atoms with van der Waals surface area (Å²) >= 11 is 1.45. The van der Waals surface area contributed by atoms with Crippen LogP contribution in [0.15, 0.2) is 48.5 Å². The van der Waals surface area contributed by atoms with Crippen molar-refractivity contribution in [2.45, 2.75) is 5.75 Å². The average molecular weight is 355 g/mol. The number of rotatable bonds is 6. The molecule has 0 saturated carbocycles.